The van der Waals surface area contributed by atoms with E-state index in [9.17, 15) is 4.79 Å². The average Bonchev–Trinajstić information content (AvgIpc) is 3.25. The molecule has 1 aromatic carbocycles. The minimum absolute atomic E-state index is 0.217. The summed E-state index contributed by atoms with van der Waals surface area (Å²) in [6.07, 6.45) is 8.83. The van der Waals surface area contributed by atoms with Gasteiger partial charge in [0.15, 0.2) is 0 Å². The molecule has 0 aliphatic heterocycles. The second-order valence-electron chi connectivity index (χ2n) is 7.69. The van der Waals surface area contributed by atoms with Crippen LogP contribution in [0.2, 0.25) is 5.02 Å². The predicted octanol–water partition coefficient (Wildman–Crippen LogP) is 5.73. The van der Waals surface area contributed by atoms with Gasteiger partial charge in [0.2, 0.25) is 11.7 Å². The lowest BCUT2D eigenvalue weighted by Crippen LogP contribution is -2.09. The second-order valence-corrected chi connectivity index (χ2v) is 8.12. The molecule has 0 aliphatic carbocycles. The average molecular weight is 442 g/mol. The van der Waals surface area contributed by atoms with E-state index in [1.807, 2.05) is 36.5 Å². The summed E-state index contributed by atoms with van der Waals surface area (Å²) in [5.41, 5.74) is 1.97. The number of ether oxygens (including phenoxy) is 1. The summed E-state index contributed by atoms with van der Waals surface area (Å²) in [7, 11) is 1.62. The molecule has 0 bridgehead atoms. The summed E-state index contributed by atoms with van der Waals surface area (Å²) < 4.78 is 10.5. The maximum absolute atomic E-state index is 12.4. The number of carbonyl (C=O) groups is 1. The van der Waals surface area contributed by atoms with Crippen LogP contribution in [0.3, 0.4) is 0 Å². The van der Waals surface area contributed by atoms with E-state index in [1.54, 1.807) is 13.3 Å². The smallest absolute Gasteiger partial charge is 0.227 e. The highest BCUT2D eigenvalue weighted by molar-refractivity contribution is 6.30. The van der Waals surface area contributed by atoms with Crippen molar-refractivity contribution in [2.45, 2.75) is 51.9 Å². The molecule has 0 spiro atoms. The molecule has 0 radical (unpaired) electrons. The van der Waals surface area contributed by atoms with Crippen LogP contribution >= 0.6 is 11.6 Å². The molecular formula is C24H28ClN3O3. The van der Waals surface area contributed by atoms with E-state index in [1.165, 1.54) is 0 Å². The van der Waals surface area contributed by atoms with E-state index >= 15 is 0 Å². The zero-order valence-electron chi connectivity index (χ0n) is 18.0. The quantitative estimate of drug-likeness (QED) is 0.357. The highest BCUT2D eigenvalue weighted by atomic mass is 35.5. The van der Waals surface area contributed by atoms with Gasteiger partial charge in [0.1, 0.15) is 11.5 Å². The van der Waals surface area contributed by atoms with E-state index in [4.69, 9.17) is 20.9 Å². The van der Waals surface area contributed by atoms with Crippen molar-refractivity contribution in [2.75, 3.05) is 7.11 Å². The molecule has 2 heterocycles. The highest BCUT2D eigenvalue weighted by Crippen LogP contribution is 2.22. The van der Waals surface area contributed by atoms with Crippen molar-refractivity contribution in [3.8, 4) is 17.1 Å². The molecule has 7 heteroatoms. The lowest BCUT2D eigenvalue weighted by Gasteiger charge is -2.15. The summed E-state index contributed by atoms with van der Waals surface area (Å²) in [5, 5.41) is 4.67. The van der Waals surface area contributed by atoms with Gasteiger partial charge in [0.05, 0.1) is 12.1 Å². The van der Waals surface area contributed by atoms with E-state index in [2.05, 4.69) is 22.0 Å². The molecule has 0 saturated carbocycles. The second kappa shape index (κ2) is 11.6. The summed E-state index contributed by atoms with van der Waals surface area (Å²) in [6, 6.07) is 9.40. The Morgan fingerprint density at radius 1 is 1.16 bits per heavy atom. The van der Waals surface area contributed by atoms with Crippen molar-refractivity contribution in [2.24, 2.45) is 5.92 Å². The van der Waals surface area contributed by atoms with Crippen LogP contribution in [0.15, 0.2) is 47.2 Å². The molecule has 3 rings (SSSR count). The van der Waals surface area contributed by atoms with Crippen LogP contribution in [0.4, 0.5) is 0 Å². The molecule has 0 aliphatic rings. The Morgan fingerprint density at radius 2 is 1.97 bits per heavy atom. The maximum atomic E-state index is 12.4. The van der Waals surface area contributed by atoms with E-state index < -0.39 is 0 Å². The lowest BCUT2D eigenvalue weighted by atomic mass is 9.90. The maximum Gasteiger partial charge on any atom is 0.227 e. The van der Waals surface area contributed by atoms with Crippen molar-refractivity contribution in [3.05, 3.63) is 59.2 Å². The Labute approximate surface area is 188 Å². The van der Waals surface area contributed by atoms with Crippen LogP contribution in [0.1, 0.15) is 50.5 Å². The molecule has 2 aromatic heterocycles. The van der Waals surface area contributed by atoms with Gasteiger partial charge in [-0.2, -0.15) is 4.98 Å². The SMILES string of the molecule is CCCC(CCC(=O)CCc1nc(-c2ccc(OC)cc2)no1)Cc1cncc(Cl)c1. The van der Waals surface area contributed by atoms with Crippen molar-refractivity contribution >= 4 is 17.4 Å². The molecule has 0 N–H and O–H groups in total. The number of benzene rings is 1. The van der Waals surface area contributed by atoms with Gasteiger partial charge in [-0.15, -0.1) is 0 Å². The van der Waals surface area contributed by atoms with Gasteiger partial charge in [0.25, 0.3) is 0 Å². The molecule has 31 heavy (non-hydrogen) atoms. The van der Waals surface area contributed by atoms with Crippen molar-refractivity contribution in [1.82, 2.24) is 15.1 Å². The fourth-order valence-corrected chi connectivity index (χ4v) is 3.80. The third kappa shape index (κ3) is 7.17. The number of methoxy groups -OCH3 is 1. The van der Waals surface area contributed by atoms with Crippen molar-refractivity contribution in [1.29, 1.82) is 0 Å². The number of rotatable bonds is 12. The standard InChI is InChI=1S/C24H28ClN3O3/c1-3-4-17(13-18-14-20(25)16-26-15-18)5-8-21(29)9-12-23-27-24(28-31-23)19-6-10-22(30-2)11-7-19/h6-7,10-11,14-17H,3-5,8-9,12-13H2,1-2H3. The van der Waals surface area contributed by atoms with Crippen LogP contribution < -0.4 is 4.74 Å². The Morgan fingerprint density at radius 3 is 2.68 bits per heavy atom. The number of carbonyl (C=O) groups excluding carboxylic acids is 1. The van der Waals surface area contributed by atoms with Gasteiger partial charge in [-0.25, -0.2) is 0 Å². The van der Waals surface area contributed by atoms with Gasteiger partial charge in [-0.1, -0.05) is 36.5 Å². The van der Waals surface area contributed by atoms with Crippen LogP contribution in [0, 0.1) is 5.92 Å². The van der Waals surface area contributed by atoms with Gasteiger partial charge in [-0.3, -0.25) is 9.78 Å². The van der Waals surface area contributed by atoms with Gasteiger partial charge < -0.3 is 9.26 Å². The molecule has 0 fully saturated rings. The Hall–Kier alpha value is -2.73. The van der Waals surface area contributed by atoms with E-state index in [-0.39, 0.29) is 5.78 Å². The number of ketones is 1. The third-order valence-electron chi connectivity index (χ3n) is 5.25. The first kappa shape index (κ1) is 22.9. The molecular weight excluding hydrogens is 414 g/mol. The molecule has 6 nitrogen and oxygen atoms in total. The van der Waals surface area contributed by atoms with E-state index in [0.717, 1.165) is 42.6 Å². The van der Waals surface area contributed by atoms with Gasteiger partial charge >= 0.3 is 0 Å². The molecule has 0 saturated heterocycles. The Bertz CT molecular complexity index is 972. The summed E-state index contributed by atoms with van der Waals surface area (Å²) in [5.74, 6) is 2.43. The minimum Gasteiger partial charge on any atom is -0.497 e. The lowest BCUT2D eigenvalue weighted by molar-refractivity contribution is -0.119. The molecule has 3 aromatic rings. The summed E-state index contributed by atoms with van der Waals surface area (Å²) in [6.45, 7) is 2.17. The van der Waals surface area contributed by atoms with Gasteiger partial charge in [-0.05, 0) is 54.7 Å². The number of pyridine rings is 1. The predicted molar refractivity (Wildman–Crippen MR) is 120 cm³/mol. The number of nitrogens with zero attached hydrogens (tertiary/aromatic N) is 3. The summed E-state index contributed by atoms with van der Waals surface area (Å²) >= 11 is 6.04. The normalized spacial score (nSPS) is 12.0. The Balaban J connectivity index is 1.47. The Kier molecular flexibility index (Phi) is 8.59. The monoisotopic (exact) mass is 441 g/mol. The topological polar surface area (TPSA) is 78.1 Å². The number of Topliss-reactive ketones (excluding diaryl/α,β-unsaturated/α-hetero) is 1. The first-order chi connectivity index (χ1) is 15.1. The highest BCUT2D eigenvalue weighted by Gasteiger charge is 2.14. The van der Waals surface area contributed by atoms with Crippen LogP contribution in [-0.4, -0.2) is 28.0 Å². The zero-order chi connectivity index (χ0) is 22.1. The van der Waals surface area contributed by atoms with Crippen LogP contribution in [-0.2, 0) is 17.6 Å². The molecule has 0 amide bonds. The minimum atomic E-state index is 0.217. The van der Waals surface area contributed by atoms with Crippen molar-refractivity contribution < 1.29 is 14.1 Å². The first-order valence-corrected chi connectivity index (χ1v) is 11.0. The zero-order valence-corrected chi connectivity index (χ0v) is 18.8. The summed E-state index contributed by atoms with van der Waals surface area (Å²) in [4.78, 5) is 21.0. The van der Waals surface area contributed by atoms with Gasteiger partial charge in [0, 0.05) is 37.2 Å². The van der Waals surface area contributed by atoms with Crippen LogP contribution in [0.5, 0.6) is 5.75 Å². The number of halogens is 1. The molecule has 1 unspecified atom stereocenters. The number of aromatic nitrogens is 3. The number of aryl methyl sites for hydroxylation is 1. The fourth-order valence-electron chi connectivity index (χ4n) is 3.61. The third-order valence-corrected chi connectivity index (χ3v) is 5.45. The number of hydrogen-bond donors (Lipinski definition) is 0. The van der Waals surface area contributed by atoms with Crippen molar-refractivity contribution in [3.63, 3.8) is 0 Å². The molecule has 1 atom stereocenters. The van der Waals surface area contributed by atoms with E-state index in [0.29, 0.717) is 41.9 Å². The number of hydrogen-bond acceptors (Lipinski definition) is 6. The fraction of sp³-hybridized carbons (Fsp3) is 0.417. The molecule has 164 valence electrons. The largest absolute Gasteiger partial charge is 0.497 e. The van der Waals surface area contributed by atoms with Crippen LogP contribution in [0.25, 0.3) is 11.4 Å². The first-order valence-electron chi connectivity index (χ1n) is 10.7.